The average Bonchev–Trinajstić information content (AvgIpc) is 2.80. The molecule has 2 N–H and O–H groups in total. The van der Waals surface area contributed by atoms with Crippen LogP contribution < -0.4 is 5.73 Å². The predicted octanol–water partition coefficient (Wildman–Crippen LogP) is 4.29. The fourth-order valence-corrected chi connectivity index (χ4v) is 2.88. The molecule has 17 heavy (non-hydrogen) atoms. The maximum absolute atomic E-state index is 13.8. The number of halogens is 1. The molecule has 3 rings (SSSR count). The molecule has 0 bridgehead atoms. The van der Waals surface area contributed by atoms with Gasteiger partial charge in [0.25, 0.3) is 0 Å². The van der Waals surface area contributed by atoms with Crippen molar-refractivity contribution in [2.45, 2.75) is 0 Å². The van der Waals surface area contributed by atoms with Gasteiger partial charge in [0.05, 0.1) is 0 Å². The monoisotopic (exact) mass is 243 g/mol. The zero-order valence-corrected chi connectivity index (χ0v) is 9.80. The number of anilines is 1. The Labute approximate surface area is 102 Å². The van der Waals surface area contributed by atoms with Crippen LogP contribution in [0.5, 0.6) is 0 Å². The molecule has 0 spiro atoms. The van der Waals surface area contributed by atoms with Gasteiger partial charge in [-0.1, -0.05) is 18.2 Å². The van der Waals surface area contributed by atoms with E-state index in [4.69, 9.17) is 5.73 Å². The van der Waals surface area contributed by atoms with Gasteiger partial charge in [-0.3, -0.25) is 0 Å². The van der Waals surface area contributed by atoms with Crippen molar-refractivity contribution in [1.29, 1.82) is 0 Å². The van der Waals surface area contributed by atoms with Crippen LogP contribution in [0.1, 0.15) is 0 Å². The van der Waals surface area contributed by atoms with Gasteiger partial charge in [-0.25, -0.2) is 4.39 Å². The molecule has 0 saturated heterocycles. The minimum atomic E-state index is -0.236. The van der Waals surface area contributed by atoms with Crippen molar-refractivity contribution in [2.75, 3.05) is 5.73 Å². The zero-order valence-electron chi connectivity index (χ0n) is 8.98. The summed E-state index contributed by atoms with van der Waals surface area (Å²) in [6.45, 7) is 0. The molecule has 0 aliphatic heterocycles. The topological polar surface area (TPSA) is 26.0 Å². The number of benzene rings is 2. The molecule has 0 radical (unpaired) electrons. The largest absolute Gasteiger partial charge is 0.399 e. The molecule has 1 heterocycles. The highest BCUT2D eigenvalue weighted by molar-refractivity contribution is 7.17. The van der Waals surface area contributed by atoms with Crippen LogP contribution in [0.2, 0.25) is 0 Å². The first-order chi connectivity index (χ1) is 8.25. The summed E-state index contributed by atoms with van der Waals surface area (Å²) >= 11 is 1.62. The zero-order chi connectivity index (χ0) is 11.8. The Morgan fingerprint density at radius 3 is 2.76 bits per heavy atom. The van der Waals surface area contributed by atoms with E-state index in [2.05, 4.69) is 0 Å². The summed E-state index contributed by atoms with van der Waals surface area (Å²) in [6.07, 6.45) is 0. The second-order valence-corrected chi connectivity index (χ2v) is 4.80. The van der Waals surface area contributed by atoms with Crippen LogP contribution in [0.15, 0.2) is 47.8 Å². The number of nitrogen functional groups attached to an aromatic ring is 1. The summed E-state index contributed by atoms with van der Waals surface area (Å²) in [5.41, 5.74) is 7.77. The molecule has 84 valence electrons. The second-order valence-electron chi connectivity index (χ2n) is 3.88. The molecule has 0 amide bonds. The van der Waals surface area contributed by atoms with Crippen LogP contribution in [0.25, 0.3) is 21.2 Å². The van der Waals surface area contributed by atoms with Crippen LogP contribution in [-0.2, 0) is 0 Å². The molecule has 2 aromatic carbocycles. The average molecular weight is 243 g/mol. The van der Waals surface area contributed by atoms with Gasteiger partial charge in [-0.2, -0.15) is 0 Å². The Hall–Kier alpha value is -1.87. The minimum absolute atomic E-state index is 0.236. The Bertz CT molecular complexity index is 688. The molecule has 1 nitrogen and oxygen atoms in total. The van der Waals surface area contributed by atoms with Crippen molar-refractivity contribution in [2.24, 2.45) is 0 Å². The van der Waals surface area contributed by atoms with Gasteiger partial charge in [-0.15, -0.1) is 11.3 Å². The van der Waals surface area contributed by atoms with Crippen molar-refractivity contribution in [1.82, 2.24) is 0 Å². The van der Waals surface area contributed by atoms with E-state index < -0.39 is 0 Å². The number of hydrogen-bond acceptors (Lipinski definition) is 2. The van der Waals surface area contributed by atoms with Gasteiger partial charge in [0.15, 0.2) is 0 Å². The van der Waals surface area contributed by atoms with Gasteiger partial charge in [-0.05, 0) is 35.0 Å². The highest BCUT2D eigenvalue weighted by atomic mass is 32.1. The summed E-state index contributed by atoms with van der Waals surface area (Å²) in [5.74, 6) is -0.236. The third kappa shape index (κ3) is 1.68. The predicted molar refractivity (Wildman–Crippen MR) is 71.6 cm³/mol. The molecule has 0 aliphatic rings. The van der Waals surface area contributed by atoms with Crippen LogP contribution >= 0.6 is 11.3 Å². The smallest absolute Gasteiger partial charge is 0.131 e. The van der Waals surface area contributed by atoms with E-state index in [0.717, 1.165) is 15.6 Å². The van der Waals surface area contributed by atoms with E-state index in [9.17, 15) is 4.39 Å². The lowest BCUT2D eigenvalue weighted by Crippen LogP contribution is -1.89. The molecule has 0 aliphatic carbocycles. The van der Waals surface area contributed by atoms with Crippen molar-refractivity contribution in [3.05, 3.63) is 53.7 Å². The Balaban J connectivity index is 2.34. The third-order valence-corrected chi connectivity index (χ3v) is 3.72. The van der Waals surface area contributed by atoms with E-state index in [1.54, 1.807) is 23.5 Å². The Morgan fingerprint density at radius 1 is 1.00 bits per heavy atom. The van der Waals surface area contributed by atoms with Gasteiger partial charge in [0, 0.05) is 21.5 Å². The standard InChI is InChI=1S/C14H10FNS/c15-13-5-4-10(16)8-12(13)11-3-1-2-9-6-7-17-14(9)11/h1-8H,16H2. The molecule has 1 aromatic heterocycles. The highest BCUT2D eigenvalue weighted by Crippen LogP contribution is 2.34. The van der Waals surface area contributed by atoms with E-state index in [1.165, 1.54) is 6.07 Å². The summed E-state index contributed by atoms with van der Waals surface area (Å²) in [6, 6.07) is 12.6. The first-order valence-electron chi connectivity index (χ1n) is 5.27. The van der Waals surface area contributed by atoms with E-state index in [0.29, 0.717) is 11.3 Å². The number of thiophene rings is 1. The van der Waals surface area contributed by atoms with Crippen LogP contribution in [0.4, 0.5) is 10.1 Å². The molecular formula is C14H10FNS. The van der Waals surface area contributed by atoms with Crippen LogP contribution in [-0.4, -0.2) is 0 Å². The normalized spacial score (nSPS) is 10.9. The first kappa shape index (κ1) is 10.3. The lowest BCUT2D eigenvalue weighted by molar-refractivity contribution is 0.631. The number of hydrogen-bond donors (Lipinski definition) is 1. The Kier molecular flexibility index (Phi) is 2.34. The van der Waals surface area contributed by atoms with Crippen molar-refractivity contribution < 1.29 is 4.39 Å². The summed E-state index contributed by atoms with van der Waals surface area (Å²) in [4.78, 5) is 0. The van der Waals surface area contributed by atoms with Crippen LogP contribution in [0.3, 0.4) is 0 Å². The first-order valence-corrected chi connectivity index (χ1v) is 6.15. The lowest BCUT2D eigenvalue weighted by Gasteiger charge is -2.06. The molecular weight excluding hydrogens is 233 g/mol. The van der Waals surface area contributed by atoms with E-state index in [1.807, 2.05) is 29.6 Å². The van der Waals surface area contributed by atoms with Crippen molar-refractivity contribution in [3.8, 4) is 11.1 Å². The number of fused-ring (bicyclic) bond motifs is 1. The summed E-state index contributed by atoms with van der Waals surface area (Å²) in [5, 5.41) is 3.15. The quantitative estimate of drug-likeness (QED) is 0.634. The molecule has 3 heteroatoms. The van der Waals surface area contributed by atoms with Crippen LogP contribution in [0, 0.1) is 5.82 Å². The minimum Gasteiger partial charge on any atom is -0.399 e. The van der Waals surface area contributed by atoms with Gasteiger partial charge >= 0.3 is 0 Å². The second kappa shape index (κ2) is 3.86. The van der Waals surface area contributed by atoms with E-state index in [-0.39, 0.29) is 5.82 Å². The maximum Gasteiger partial charge on any atom is 0.131 e. The number of nitrogens with two attached hydrogens (primary N) is 1. The molecule has 3 aromatic rings. The van der Waals surface area contributed by atoms with Crippen molar-refractivity contribution >= 4 is 27.1 Å². The molecule has 0 fully saturated rings. The van der Waals surface area contributed by atoms with Crippen molar-refractivity contribution in [3.63, 3.8) is 0 Å². The molecule has 0 unspecified atom stereocenters. The van der Waals surface area contributed by atoms with Gasteiger partial charge in [0.1, 0.15) is 5.82 Å². The van der Waals surface area contributed by atoms with E-state index >= 15 is 0 Å². The summed E-state index contributed by atoms with van der Waals surface area (Å²) in [7, 11) is 0. The molecule has 0 atom stereocenters. The SMILES string of the molecule is Nc1ccc(F)c(-c2cccc3ccsc23)c1. The Morgan fingerprint density at radius 2 is 1.88 bits per heavy atom. The number of rotatable bonds is 1. The van der Waals surface area contributed by atoms with Gasteiger partial charge < -0.3 is 5.73 Å². The summed E-state index contributed by atoms with van der Waals surface area (Å²) < 4.78 is 14.9. The lowest BCUT2D eigenvalue weighted by atomic mass is 10.0. The molecule has 0 saturated carbocycles. The highest BCUT2D eigenvalue weighted by Gasteiger charge is 2.09. The fourth-order valence-electron chi connectivity index (χ4n) is 1.95. The fraction of sp³-hybridized carbons (Fsp3) is 0. The maximum atomic E-state index is 13.8. The third-order valence-electron chi connectivity index (χ3n) is 2.76. The van der Waals surface area contributed by atoms with Gasteiger partial charge in [0.2, 0.25) is 0 Å².